The second-order valence-corrected chi connectivity index (χ2v) is 4.56. The van der Waals surface area contributed by atoms with Gasteiger partial charge in [0.25, 0.3) is 5.69 Å². The van der Waals surface area contributed by atoms with Crippen LogP contribution in [-0.2, 0) is 7.05 Å². The van der Waals surface area contributed by atoms with Crippen LogP contribution in [0.1, 0.15) is 5.69 Å². The molecule has 0 atom stereocenters. The summed E-state index contributed by atoms with van der Waals surface area (Å²) in [7, 11) is 1.84. The molecule has 0 spiro atoms. The number of nitrogens with one attached hydrogen (secondary N) is 2. The molecular weight excluding hydrogens is 278 g/mol. The molecule has 2 N–H and O–H groups in total. The lowest BCUT2D eigenvalue weighted by atomic mass is 10.3. The maximum atomic E-state index is 10.6. The lowest BCUT2D eigenvalue weighted by Gasteiger charge is -2.09. The lowest BCUT2D eigenvalue weighted by molar-refractivity contribution is -0.384. The molecule has 2 aromatic rings. The topological polar surface area (TPSA) is 85.0 Å². The van der Waals surface area contributed by atoms with Crippen LogP contribution < -0.4 is 10.6 Å². The van der Waals surface area contributed by atoms with Crippen molar-refractivity contribution in [3.63, 3.8) is 0 Å². The molecular formula is C12H13N5O2S. The number of nitrogens with zero attached hydrogens (tertiary/aromatic N) is 3. The second kappa shape index (κ2) is 5.66. The minimum atomic E-state index is -0.445. The number of hydrogen-bond acceptors (Lipinski definition) is 4. The monoisotopic (exact) mass is 291 g/mol. The Kier molecular flexibility index (Phi) is 3.94. The van der Waals surface area contributed by atoms with Crippen LogP contribution in [0.4, 0.5) is 17.1 Å². The normalized spacial score (nSPS) is 10.1. The van der Waals surface area contributed by atoms with E-state index in [9.17, 15) is 10.1 Å². The van der Waals surface area contributed by atoms with Gasteiger partial charge in [0.05, 0.1) is 22.5 Å². The first-order chi connectivity index (χ1) is 9.47. The Morgan fingerprint density at radius 3 is 2.50 bits per heavy atom. The second-order valence-electron chi connectivity index (χ2n) is 4.15. The van der Waals surface area contributed by atoms with Crippen LogP contribution in [0.15, 0.2) is 30.5 Å². The summed E-state index contributed by atoms with van der Waals surface area (Å²) in [5, 5.41) is 21.0. The summed E-state index contributed by atoms with van der Waals surface area (Å²) in [6.07, 6.45) is 1.68. The molecule has 1 aromatic carbocycles. The van der Waals surface area contributed by atoms with Crippen molar-refractivity contribution < 1.29 is 4.92 Å². The van der Waals surface area contributed by atoms with Crippen molar-refractivity contribution in [2.75, 3.05) is 10.6 Å². The lowest BCUT2D eigenvalue weighted by Crippen LogP contribution is -2.19. The Bertz CT molecular complexity index is 650. The van der Waals surface area contributed by atoms with Gasteiger partial charge in [-0.3, -0.25) is 14.8 Å². The highest BCUT2D eigenvalue weighted by Gasteiger charge is 2.07. The Hall–Kier alpha value is -2.48. The van der Waals surface area contributed by atoms with Gasteiger partial charge in [-0.25, -0.2) is 0 Å². The van der Waals surface area contributed by atoms with Crippen LogP contribution in [0.25, 0.3) is 0 Å². The third-order valence-electron chi connectivity index (χ3n) is 2.82. The first kappa shape index (κ1) is 13.9. The van der Waals surface area contributed by atoms with E-state index < -0.39 is 4.92 Å². The number of thiocarbonyl (C=S) groups is 1. The number of hydrogen-bond donors (Lipinski definition) is 2. The van der Waals surface area contributed by atoms with E-state index in [2.05, 4.69) is 15.7 Å². The minimum Gasteiger partial charge on any atom is -0.332 e. The highest BCUT2D eigenvalue weighted by molar-refractivity contribution is 7.80. The number of nitro groups is 1. The summed E-state index contributed by atoms with van der Waals surface area (Å²) in [5.41, 5.74) is 2.48. The van der Waals surface area contributed by atoms with Gasteiger partial charge in [0.15, 0.2) is 5.11 Å². The van der Waals surface area contributed by atoms with Crippen molar-refractivity contribution in [3.05, 3.63) is 46.3 Å². The zero-order valence-electron chi connectivity index (χ0n) is 11.0. The van der Waals surface area contributed by atoms with E-state index in [0.29, 0.717) is 10.8 Å². The number of rotatable bonds is 3. The summed E-state index contributed by atoms with van der Waals surface area (Å²) < 4.78 is 1.73. The first-order valence-electron chi connectivity index (χ1n) is 5.78. The average Bonchev–Trinajstić information content (AvgIpc) is 2.71. The fourth-order valence-corrected chi connectivity index (χ4v) is 1.80. The Morgan fingerprint density at radius 1 is 1.35 bits per heavy atom. The van der Waals surface area contributed by atoms with E-state index in [4.69, 9.17) is 12.2 Å². The Balaban J connectivity index is 2.01. The van der Waals surface area contributed by atoms with Gasteiger partial charge in [0.1, 0.15) is 0 Å². The third kappa shape index (κ3) is 3.09. The first-order valence-corrected chi connectivity index (χ1v) is 6.19. The predicted molar refractivity (Wildman–Crippen MR) is 80.9 cm³/mol. The number of aromatic nitrogens is 2. The van der Waals surface area contributed by atoms with Crippen LogP contribution in [0, 0.1) is 17.0 Å². The van der Waals surface area contributed by atoms with Gasteiger partial charge < -0.3 is 10.6 Å². The Labute approximate surface area is 120 Å². The molecule has 7 nitrogen and oxygen atoms in total. The zero-order valence-corrected chi connectivity index (χ0v) is 11.8. The van der Waals surface area contributed by atoms with Crippen LogP contribution >= 0.6 is 12.2 Å². The van der Waals surface area contributed by atoms with E-state index in [1.807, 2.05) is 14.0 Å². The standard InChI is InChI=1S/C12H13N5O2S/c1-8-11(7-13-16(8)2)15-12(20)14-9-3-5-10(6-4-9)17(18)19/h3-7H,1-2H3,(H2,14,15,20). The number of aryl methyl sites for hydroxylation is 1. The molecule has 0 aliphatic heterocycles. The van der Waals surface area contributed by atoms with Crippen LogP contribution in [0.2, 0.25) is 0 Å². The van der Waals surface area contributed by atoms with Gasteiger partial charge >= 0.3 is 0 Å². The fraction of sp³-hybridized carbons (Fsp3) is 0.167. The molecule has 8 heteroatoms. The summed E-state index contributed by atoms with van der Waals surface area (Å²) in [4.78, 5) is 10.1. The predicted octanol–water partition coefficient (Wildman–Crippen LogP) is 2.45. The summed E-state index contributed by atoms with van der Waals surface area (Å²) in [6.45, 7) is 1.92. The highest BCUT2D eigenvalue weighted by atomic mass is 32.1. The highest BCUT2D eigenvalue weighted by Crippen LogP contribution is 2.16. The van der Waals surface area contributed by atoms with Gasteiger partial charge in [-0.05, 0) is 31.3 Å². The van der Waals surface area contributed by atoms with Gasteiger partial charge in [0.2, 0.25) is 0 Å². The zero-order chi connectivity index (χ0) is 14.7. The number of anilines is 2. The smallest absolute Gasteiger partial charge is 0.269 e. The van der Waals surface area contributed by atoms with Gasteiger partial charge in [-0.2, -0.15) is 5.10 Å². The van der Waals surface area contributed by atoms with Crippen molar-refractivity contribution in [2.24, 2.45) is 7.05 Å². The molecule has 0 aliphatic rings. The molecule has 0 amide bonds. The van der Waals surface area contributed by atoms with Crippen LogP contribution in [-0.4, -0.2) is 19.8 Å². The third-order valence-corrected chi connectivity index (χ3v) is 3.02. The SMILES string of the molecule is Cc1c(NC(=S)Nc2ccc([N+](=O)[O-])cc2)cnn1C. The molecule has 0 fully saturated rings. The van der Waals surface area contributed by atoms with Gasteiger partial charge in [-0.15, -0.1) is 0 Å². The van der Waals surface area contributed by atoms with Crippen molar-refractivity contribution >= 4 is 34.4 Å². The van der Waals surface area contributed by atoms with E-state index >= 15 is 0 Å². The van der Waals surface area contributed by atoms with Crippen LogP contribution in [0.3, 0.4) is 0 Å². The summed E-state index contributed by atoms with van der Waals surface area (Å²) in [5.74, 6) is 0. The van der Waals surface area contributed by atoms with Gasteiger partial charge in [-0.1, -0.05) is 0 Å². The van der Waals surface area contributed by atoms with E-state index in [1.165, 1.54) is 12.1 Å². The molecule has 0 saturated heterocycles. The maximum absolute atomic E-state index is 10.6. The molecule has 0 bridgehead atoms. The number of benzene rings is 1. The van der Waals surface area contributed by atoms with E-state index in [0.717, 1.165) is 11.4 Å². The summed E-state index contributed by atoms with van der Waals surface area (Å²) >= 11 is 5.18. The number of non-ortho nitro benzene ring substituents is 1. The molecule has 104 valence electrons. The maximum Gasteiger partial charge on any atom is 0.269 e. The molecule has 1 aromatic heterocycles. The molecule has 0 radical (unpaired) electrons. The molecule has 20 heavy (non-hydrogen) atoms. The van der Waals surface area contributed by atoms with E-state index in [1.54, 1.807) is 23.0 Å². The quantitative estimate of drug-likeness (QED) is 0.513. The molecule has 1 heterocycles. The molecule has 0 saturated carbocycles. The van der Waals surface area contributed by atoms with E-state index in [-0.39, 0.29) is 5.69 Å². The van der Waals surface area contributed by atoms with Crippen molar-refractivity contribution in [2.45, 2.75) is 6.92 Å². The Morgan fingerprint density at radius 2 is 2.00 bits per heavy atom. The molecule has 2 rings (SSSR count). The minimum absolute atomic E-state index is 0.0394. The number of nitro benzene ring substituents is 1. The van der Waals surface area contributed by atoms with Crippen molar-refractivity contribution in [1.82, 2.24) is 9.78 Å². The fourth-order valence-electron chi connectivity index (χ4n) is 1.57. The van der Waals surface area contributed by atoms with Crippen molar-refractivity contribution in [3.8, 4) is 0 Å². The van der Waals surface area contributed by atoms with Gasteiger partial charge in [0, 0.05) is 24.9 Å². The van der Waals surface area contributed by atoms with Crippen LogP contribution in [0.5, 0.6) is 0 Å². The average molecular weight is 291 g/mol. The largest absolute Gasteiger partial charge is 0.332 e. The van der Waals surface area contributed by atoms with Crippen molar-refractivity contribution in [1.29, 1.82) is 0 Å². The molecule has 0 unspecified atom stereocenters. The summed E-state index contributed by atoms with van der Waals surface area (Å²) in [6, 6.07) is 6.03. The molecule has 0 aliphatic carbocycles.